The average molecular weight is 485 g/mol. The number of carbonyl (C=O) groups is 1. The number of amides is 1. The molecular formula is C24H21ClN2O5S. The van der Waals surface area contributed by atoms with E-state index in [0.29, 0.717) is 43.2 Å². The van der Waals surface area contributed by atoms with Crippen LogP contribution in [0, 0.1) is 0 Å². The second-order valence-electron chi connectivity index (χ2n) is 7.70. The quantitative estimate of drug-likeness (QED) is 0.549. The smallest absolute Gasteiger partial charge is 0.265 e. The number of anilines is 2. The molecule has 0 saturated heterocycles. The van der Waals surface area contributed by atoms with Gasteiger partial charge in [-0.15, -0.1) is 0 Å². The highest BCUT2D eigenvalue weighted by Gasteiger charge is 2.31. The van der Waals surface area contributed by atoms with Crippen LogP contribution in [0.1, 0.15) is 5.56 Å². The van der Waals surface area contributed by atoms with E-state index < -0.39 is 10.0 Å². The van der Waals surface area contributed by atoms with E-state index in [1.54, 1.807) is 11.0 Å². The summed E-state index contributed by atoms with van der Waals surface area (Å²) in [6.07, 6.45) is 0.664. The number of benzene rings is 3. The molecule has 5 rings (SSSR count). The maximum Gasteiger partial charge on any atom is 0.265 e. The molecule has 0 N–H and O–H groups in total. The zero-order valence-corrected chi connectivity index (χ0v) is 19.2. The van der Waals surface area contributed by atoms with Crippen molar-refractivity contribution in [2.45, 2.75) is 11.3 Å². The van der Waals surface area contributed by atoms with Crippen molar-refractivity contribution in [3.63, 3.8) is 0 Å². The molecule has 3 aromatic carbocycles. The van der Waals surface area contributed by atoms with Crippen LogP contribution in [0.5, 0.6) is 11.5 Å². The van der Waals surface area contributed by atoms with Gasteiger partial charge in [-0.1, -0.05) is 41.9 Å². The summed E-state index contributed by atoms with van der Waals surface area (Å²) < 4.78 is 39.0. The summed E-state index contributed by atoms with van der Waals surface area (Å²) in [7, 11) is -3.77. The molecule has 0 saturated carbocycles. The van der Waals surface area contributed by atoms with Crippen LogP contribution in [0.2, 0.25) is 5.02 Å². The molecule has 0 radical (unpaired) electrons. The van der Waals surface area contributed by atoms with E-state index in [9.17, 15) is 13.2 Å². The van der Waals surface area contributed by atoms with Gasteiger partial charge in [-0.25, -0.2) is 8.42 Å². The number of hydrogen-bond acceptors (Lipinski definition) is 5. The molecule has 0 aromatic heterocycles. The van der Waals surface area contributed by atoms with Gasteiger partial charge in [0.15, 0.2) is 6.61 Å². The summed E-state index contributed by atoms with van der Waals surface area (Å²) in [5, 5.41) is 0.124. The predicted octanol–water partition coefficient (Wildman–Crippen LogP) is 3.90. The fourth-order valence-corrected chi connectivity index (χ4v) is 5.92. The number of nitrogens with zero attached hydrogens (tertiary/aromatic N) is 2. The van der Waals surface area contributed by atoms with Gasteiger partial charge in [0.1, 0.15) is 18.1 Å². The highest BCUT2D eigenvalue weighted by atomic mass is 35.5. The van der Waals surface area contributed by atoms with Gasteiger partial charge in [0.2, 0.25) is 0 Å². The van der Waals surface area contributed by atoms with Gasteiger partial charge >= 0.3 is 0 Å². The third-order valence-corrected chi connectivity index (χ3v) is 7.82. The molecule has 2 aliphatic rings. The first-order valence-corrected chi connectivity index (χ1v) is 12.3. The number of sulfonamides is 1. The van der Waals surface area contributed by atoms with Crippen LogP contribution in [-0.4, -0.2) is 40.6 Å². The first-order valence-electron chi connectivity index (χ1n) is 10.5. The Bertz CT molecular complexity index is 1330. The average Bonchev–Trinajstić information content (AvgIpc) is 3.28. The minimum absolute atomic E-state index is 0.0741. The van der Waals surface area contributed by atoms with Gasteiger partial charge < -0.3 is 14.4 Å². The van der Waals surface area contributed by atoms with Gasteiger partial charge in [-0.05, 0) is 48.4 Å². The van der Waals surface area contributed by atoms with Crippen molar-refractivity contribution in [3.05, 3.63) is 77.3 Å². The number of halogens is 1. The van der Waals surface area contributed by atoms with Crippen molar-refractivity contribution in [3.8, 4) is 11.5 Å². The Hall–Kier alpha value is -3.23. The fourth-order valence-electron chi connectivity index (χ4n) is 4.09. The lowest BCUT2D eigenvalue weighted by molar-refractivity contribution is -0.120. The lowest BCUT2D eigenvalue weighted by atomic mass is 10.2. The Morgan fingerprint density at radius 2 is 1.76 bits per heavy atom. The summed E-state index contributed by atoms with van der Waals surface area (Å²) in [4.78, 5) is 14.4. The Balaban J connectivity index is 1.31. The number of carbonyl (C=O) groups excluding carboxylic acids is 1. The molecule has 33 heavy (non-hydrogen) atoms. The van der Waals surface area contributed by atoms with E-state index in [4.69, 9.17) is 21.1 Å². The maximum absolute atomic E-state index is 13.2. The second-order valence-corrected chi connectivity index (χ2v) is 9.97. The number of rotatable bonds is 5. The number of para-hydroxylation sites is 3. The predicted molar refractivity (Wildman–Crippen MR) is 126 cm³/mol. The van der Waals surface area contributed by atoms with E-state index >= 15 is 0 Å². The third kappa shape index (κ3) is 4.00. The summed E-state index contributed by atoms with van der Waals surface area (Å²) in [6.45, 7) is 0.962. The van der Waals surface area contributed by atoms with Crippen LogP contribution in [0.25, 0.3) is 0 Å². The van der Waals surface area contributed by atoms with Crippen LogP contribution in [0.3, 0.4) is 0 Å². The molecule has 0 fully saturated rings. The minimum atomic E-state index is -3.77. The van der Waals surface area contributed by atoms with Gasteiger partial charge in [-0.2, -0.15) is 0 Å². The standard InChI is InChI=1S/C24H21ClN2O5S/c25-19-15-18(33(29,30)27-12-11-17-5-1-2-6-20(17)27)9-10-22(19)32-16-24(28)26-13-14-31-23-8-4-3-7-21(23)26/h1-10,15H,11-14,16H2. The van der Waals surface area contributed by atoms with Crippen molar-refractivity contribution in [2.75, 3.05) is 35.5 Å². The lowest BCUT2D eigenvalue weighted by Gasteiger charge is -2.29. The normalized spacial score (nSPS) is 14.9. The summed E-state index contributed by atoms with van der Waals surface area (Å²) in [5.74, 6) is 0.646. The van der Waals surface area contributed by atoms with E-state index in [2.05, 4.69) is 0 Å². The first-order chi connectivity index (χ1) is 15.9. The van der Waals surface area contributed by atoms with Gasteiger partial charge in [-0.3, -0.25) is 9.10 Å². The fraction of sp³-hybridized carbons (Fsp3) is 0.208. The summed E-state index contributed by atoms with van der Waals surface area (Å²) in [6, 6.07) is 19.1. The van der Waals surface area contributed by atoms with Gasteiger partial charge in [0, 0.05) is 6.54 Å². The number of fused-ring (bicyclic) bond motifs is 2. The molecule has 9 heteroatoms. The monoisotopic (exact) mass is 484 g/mol. The molecule has 0 atom stereocenters. The molecule has 2 heterocycles. The van der Waals surface area contributed by atoms with Crippen molar-refractivity contribution in [2.24, 2.45) is 0 Å². The molecule has 7 nitrogen and oxygen atoms in total. The van der Waals surface area contributed by atoms with Crippen LogP contribution in [-0.2, 0) is 21.2 Å². The van der Waals surface area contributed by atoms with Crippen LogP contribution < -0.4 is 18.7 Å². The molecule has 0 aliphatic carbocycles. The SMILES string of the molecule is O=C(COc1ccc(S(=O)(=O)N2CCc3ccccc32)cc1Cl)N1CCOc2ccccc21. The number of ether oxygens (including phenoxy) is 2. The van der Waals surface area contributed by atoms with Crippen LogP contribution >= 0.6 is 11.6 Å². The topological polar surface area (TPSA) is 76.2 Å². The molecule has 0 unspecified atom stereocenters. The lowest BCUT2D eigenvalue weighted by Crippen LogP contribution is -2.40. The zero-order chi connectivity index (χ0) is 23.0. The first kappa shape index (κ1) is 21.6. The summed E-state index contributed by atoms with van der Waals surface area (Å²) >= 11 is 6.34. The molecule has 170 valence electrons. The maximum atomic E-state index is 13.2. The minimum Gasteiger partial charge on any atom is -0.490 e. The van der Waals surface area contributed by atoms with Gasteiger partial charge in [0.05, 0.1) is 27.8 Å². The van der Waals surface area contributed by atoms with Crippen molar-refractivity contribution in [1.29, 1.82) is 0 Å². The van der Waals surface area contributed by atoms with Crippen LogP contribution in [0.4, 0.5) is 11.4 Å². The van der Waals surface area contributed by atoms with E-state index in [1.807, 2.05) is 42.5 Å². The zero-order valence-electron chi connectivity index (χ0n) is 17.6. The van der Waals surface area contributed by atoms with E-state index in [1.165, 1.54) is 22.5 Å². The van der Waals surface area contributed by atoms with Crippen molar-refractivity contribution < 1.29 is 22.7 Å². The van der Waals surface area contributed by atoms with Crippen molar-refractivity contribution in [1.82, 2.24) is 0 Å². The van der Waals surface area contributed by atoms with E-state index in [-0.39, 0.29) is 28.2 Å². The second kappa shape index (κ2) is 8.61. The van der Waals surface area contributed by atoms with Gasteiger partial charge in [0.25, 0.3) is 15.9 Å². The number of hydrogen-bond donors (Lipinski definition) is 0. The molecule has 2 aliphatic heterocycles. The van der Waals surface area contributed by atoms with E-state index in [0.717, 1.165) is 5.56 Å². The summed E-state index contributed by atoms with van der Waals surface area (Å²) in [5.41, 5.74) is 2.37. The third-order valence-electron chi connectivity index (χ3n) is 5.72. The largest absolute Gasteiger partial charge is 0.490 e. The molecule has 0 bridgehead atoms. The van der Waals surface area contributed by atoms with Crippen molar-refractivity contribution >= 4 is 38.9 Å². The Labute approximate surface area is 197 Å². The molecule has 1 amide bonds. The highest BCUT2D eigenvalue weighted by Crippen LogP contribution is 2.35. The molecular weight excluding hydrogens is 464 g/mol. The highest BCUT2D eigenvalue weighted by molar-refractivity contribution is 7.92. The Morgan fingerprint density at radius 3 is 2.58 bits per heavy atom. The Kier molecular flexibility index (Phi) is 5.64. The molecule has 0 spiro atoms. The Morgan fingerprint density at radius 1 is 1.00 bits per heavy atom. The molecule has 3 aromatic rings. The van der Waals surface area contributed by atoms with Crippen LogP contribution in [0.15, 0.2) is 71.6 Å².